The second-order valence-electron chi connectivity index (χ2n) is 2.50. The van der Waals surface area contributed by atoms with E-state index in [0.717, 1.165) is 5.69 Å². The summed E-state index contributed by atoms with van der Waals surface area (Å²) in [5.74, 6) is 0. The quantitative estimate of drug-likeness (QED) is 0.643. The maximum Gasteiger partial charge on any atom is 0.206 e. The van der Waals surface area contributed by atoms with Gasteiger partial charge in [0.1, 0.15) is 12.7 Å². The van der Waals surface area contributed by atoms with Crippen molar-refractivity contribution in [1.82, 2.24) is 14.5 Å². The first-order valence-electron chi connectivity index (χ1n) is 3.82. The van der Waals surface area contributed by atoms with Crippen molar-refractivity contribution in [3.63, 3.8) is 0 Å². The highest BCUT2D eigenvalue weighted by molar-refractivity contribution is 7.71. The molecule has 4 heteroatoms. The molecule has 2 rings (SSSR count). The van der Waals surface area contributed by atoms with Crippen molar-refractivity contribution in [3.8, 4) is 5.69 Å². The van der Waals surface area contributed by atoms with Crippen molar-refractivity contribution < 1.29 is 0 Å². The minimum Gasteiger partial charge on any atom is -0.276 e. The Bertz CT molecular complexity index is 450. The lowest BCUT2D eigenvalue weighted by Crippen LogP contribution is -1.98. The fourth-order valence-electron chi connectivity index (χ4n) is 1.06. The molecule has 0 amide bonds. The third-order valence-corrected chi connectivity index (χ3v) is 1.96. The number of para-hydroxylation sites is 1. The van der Waals surface area contributed by atoms with Gasteiger partial charge in [-0.3, -0.25) is 4.57 Å². The first-order valence-corrected chi connectivity index (χ1v) is 4.23. The van der Waals surface area contributed by atoms with Crippen LogP contribution in [-0.2, 0) is 0 Å². The molecule has 0 saturated carbocycles. The molecule has 0 radical (unpaired) electrons. The summed E-state index contributed by atoms with van der Waals surface area (Å²) in [5.41, 5.74) is 0.980. The van der Waals surface area contributed by atoms with E-state index in [0.29, 0.717) is 4.77 Å². The molecule has 0 saturated heterocycles. The Hall–Kier alpha value is -1.55. The molecule has 1 heterocycles. The van der Waals surface area contributed by atoms with Gasteiger partial charge in [-0.25, -0.2) is 9.97 Å². The van der Waals surface area contributed by atoms with E-state index in [9.17, 15) is 0 Å². The number of rotatable bonds is 1. The summed E-state index contributed by atoms with van der Waals surface area (Å²) in [5, 5.41) is 0. The Labute approximate surface area is 80.7 Å². The molecule has 13 heavy (non-hydrogen) atoms. The third kappa shape index (κ3) is 1.62. The highest BCUT2D eigenvalue weighted by Gasteiger charge is 1.93. The topological polar surface area (TPSA) is 30.7 Å². The fourth-order valence-corrected chi connectivity index (χ4v) is 1.26. The Kier molecular flexibility index (Phi) is 2.14. The zero-order valence-electron chi connectivity index (χ0n) is 6.79. The third-order valence-electron chi connectivity index (χ3n) is 1.66. The summed E-state index contributed by atoms with van der Waals surface area (Å²) in [7, 11) is 0. The van der Waals surface area contributed by atoms with Gasteiger partial charge in [-0.2, -0.15) is 0 Å². The molecule has 0 aliphatic rings. The van der Waals surface area contributed by atoms with Crippen molar-refractivity contribution >= 4 is 12.2 Å². The Morgan fingerprint density at radius 2 is 1.92 bits per heavy atom. The lowest BCUT2D eigenvalue weighted by atomic mass is 10.3. The van der Waals surface area contributed by atoms with Crippen LogP contribution in [0.4, 0.5) is 0 Å². The molecule has 0 aliphatic carbocycles. The molecular weight excluding hydrogens is 182 g/mol. The van der Waals surface area contributed by atoms with Gasteiger partial charge in [0, 0.05) is 5.69 Å². The van der Waals surface area contributed by atoms with Crippen LogP contribution < -0.4 is 0 Å². The van der Waals surface area contributed by atoms with Crippen LogP contribution in [0.1, 0.15) is 0 Å². The van der Waals surface area contributed by atoms with Crippen molar-refractivity contribution in [2.45, 2.75) is 0 Å². The minimum atomic E-state index is 0.515. The maximum atomic E-state index is 5.05. The van der Waals surface area contributed by atoms with Crippen molar-refractivity contribution in [3.05, 3.63) is 47.8 Å². The van der Waals surface area contributed by atoms with Crippen molar-refractivity contribution in [2.24, 2.45) is 0 Å². The van der Waals surface area contributed by atoms with Gasteiger partial charge in [0.15, 0.2) is 0 Å². The summed E-state index contributed by atoms with van der Waals surface area (Å²) in [6.07, 6.45) is 3.10. The number of hydrogen-bond donors (Lipinski definition) is 0. The Morgan fingerprint density at radius 3 is 2.62 bits per heavy atom. The first-order chi connectivity index (χ1) is 6.38. The summed E-state index contributed by atoms with van der Waals surface area (Å²) < 4.78 is 2.27. The summed E-state index contributed by atoms with van der Waals surface area (Å²) in [6, 6.07) is 9.77. The van der Waals surface area contributed by atoms with Gasteiger partial charge in [0.05, 0.1) is 0 Å². The van der Waals surface area contributed by atoms with Crippen LogP contribution in [0.25, 0.3) is 5.69 Å². The highest BCUT2D eigenvalue weighted by atomic mass is 32.1. The van der Waals surface area contributed by atoms with Gasteiger partial charge in [0.2, 0.25) is 4.77 Å². The largest absolute Gasteiger partial charge is 0.276 e. The van der Waals surface area contributed by atoms with E-state index in [1.807, 2.05) is 30.3 Å². The molecule has 0 N–H and O–H groups in total. The number of hydrogen-bond acceptors (Lipinski definition) is 3. The molecule has 0 fully saturated rings. The van der Waals surface area contributed by atoms with E-state index in [1.54, 1.807) is 10.9 Å². The van der Waals surface area contributed by atoms with Gasteiger partial charge < -0.3 is 0 Å². The average molecular weight is 189 g/mol. The van der Waals surface area contributed by atoms with E-state index in [1.165, 1.54) is 6.33 Å². The molecular formula is C9H7N3S. The van der Waals surface area contributed by atoms with Crippen LogP contribution in [0.3, 0.4) is 0 Å². The molecule has 3 nitrogen and oxygen atoms in total. The van der Waals surface area contributed by atoms with E-state index < -0.39 is 0 Å². The van der Waals surface area contributed by atoms with Gasteiger partial charge in [-0.1, -0.05) is 18.2 Å². The number of aromatic nitrogens is 3. The smallest absolute Gasteiger partial charge is 0.206 e. The second kappa shape index (κ2) is 3.45. The van der Waals surface area contributed by atoms with E-state index in [-0.39, 0.29) is 0 Å². The molecule has 1 aromatic heterocycles. The molecule has 0 bridgehead atoms. The molecule has 0 spiro atoms. The SMILES string of the molecule is S=c1ncncn1-c1ccccc1. The van der Waals surface area contributed by atoms with Crippen LogP contribution in [0.15, 0.2) is 43.0 Å². The van der Waals surface area contributed by atoms with E-state index >= 15 is 0 Å². The van der Waals surface area contributed by atoms with Gasteiger partial charge in [0.25, 0.3) is 0 Å². The number of benzene rings is 1. The van der Waals surface area contributed by atoms with Crippen molar-refractivity contribution in [2.75, 3.05) is 0 Å². The molecule has 0 aliphatic heterocycles. The number of nitrogens with zero attached hydrogens (tertiary/aromatic N) is 3. The fraction of sp³-hybridized carbons (Fsp3) is 0. The lowest BCUT2D eigenvalue weighted by Gasteiger charge is -2.02. The molecule has 1 aromatic carbocycles. The van der Waals surface area contributed by atoms with E-state index in [2.05, 4.69) is 9.97 Å². The molecule has 0 atom stereocenters. The summed E-state index contributed by atoms with van der Waals surface area (Å²) >= 11 is 5.05. The standard InChI is InChI=1S/C9H7N3S/c13-9-11-6-10-7-12(9)8-4-2-1-3-5-8/h1-7H. The summed E-state index contributed by atoms with van der Waals surface area (Å²) in [6.45, 7) is 0. The van der Waals surface area contributed by atoms with Crippen LogP contribution in [0.5, 0.6) is 0 Å². The predicted molar refractivity (Wildman–Crippen MR) is 52.2 cm³/mol. The monoisotopic (exact) mass is 189 g/mol. The summed E-state index contributed by atoms with van der Waals surface area (Å²) in [4.78, 5) is 7.83. The van der Waals surface area contributed by atoms with Crippen LogP contribution in [0.2, 0.25) is 0 Å². The molecule has 2 aromatic rings. The Morgan fingerprint density at radius 1 is 1.15 bits per heavy atom. The van der Waals surface area contributed by atoms with Crippen LogP contribution >= 0.6 is 12.2 Å². The zero-order chi connectivity index (χ0) is 9.10. The molecule has 64 valence electrons. The van der Waals surface area contributed by atoms with Crippen molar-refractivity contribution in [1.29, 1.82) is 0 Å². The van der Waals surface area contributed by atoms with Gasteiger partial charge in [-0.05, 0) is 24.4 Å². The zero-order valence-corrected chi connectivity index (χ0v) is 7.61. The van der Waals surface area contributed by atoms with Crippen LogP contribution in [-0.4, -0.2) is 14.5 Å². The predicted octanol–water partition coefficient (Wildman–Crippen LogP) is 2.00. The minimum absolute atomic E-state index is 0.515. The highest BCUT2D eigenvalue weighted by Crippen LogP contribution is 2.04. The second-order valence-corrected chi connectivity index (χ2v) is 2.86. The molecule has 0 unspecified atom stereocenters. The Balaban J connectivity index is 2.60. The maximum absolute atomic E-state index is 5.05. The van der Waals surface area contributed by atoms with Crippen LogP contribution in [0, 0.1) is 4.77 Å². The lowest BCUT2D eigenvalue weighted by molar-refractivity contribution is 0.892. The van der Waals surface area contributed by atoms with Gasteiger partial charge >= 0.3 is 0 Å². The van der Waals surface area contributed by atoms with E-state index in [4.69, 9.17) is 12.2 Å². The van der Waals surface area contributed by atoms with Gasteiger partial charge in [-0.15, -0.1) is 0 Å². The normalized spacial score (nSPS) is 9.85. The first kappa shape index (κ1) is 8.07. The average Bonchev–Trinajstić information content (AvgIpc) is 2.20.